The van der Waals surface area contributed by atoms with Gasteiger partial charge in [0, 0.05) is 37.4 Å². The summed E-state index contributed by atoms with van der Waals surface area (Å²) in [7, 11) is -3.58. The molecule has 1 aliphatic heterocycles. The van der Waals surface area contributed by atoms with E-state index >= 15 is 0 Å². The molecule has 1 aromatic carbocycles. The molecule has 0 aliphatic carbocycles. The van der Waals surface area contributed by atoms with E-state index in [0.29, 0.717) is 18.0 Å². The maximum atomic E-state index is 13.2. The first-order valence-corrected chi connectivity index (χ1v) is 9.24. The van der Waals surface area contributed by atoms with Gasteiger partial charge in [0.1, 0.15) is 0 Å². The molecule has 0 saturated heterocycles. The van der Waals surface area contributed by atoms with E-state index in [1.807, 2.05) is 36.5 Å². The number of hydrogen-bond acceptors (Lipinski definition) is 3. The standard InChI is InChI=1S/C18H17N3O2S/c22-24(23,16-5-2-1-3-6-16)21-14-13-20-12-4-7-17(20)18(21)15-8-10-19-11-9-15/h1-12,18H,13-14H2. The fourth-order valence-electron chi connectivity index (χ4n) is 3.23. The second kappa shape index (κ2) is 5.89. The highest BCUT2D eigenvalue weighted by Gasteiger charge is 2.37. The van der Waals surface area contributed by atoms with E-state index < -0.39 is 10.0 Å². The van der Waals surface area contributed by atoms with E-state index in [4.69, 9.17) is 0 Å². The normalized spacial score (nSPS) is 18.2. The summed E-state index contributed by atoms with van der Waals surface area (Å²) in [5, 5.41) is 0. The fraction of sp³-hybridized carbons (Fsp3) is 0.167. The number of sulfonamides is 1. The molecule has 24 heavy (non-hydrogen) atoms. The Balaban J connectivity index is 1.86. The highest BCUT2D eigenvalue weighted by Crippen LogP contribution is 2.36. The Morgan fingerprint density at radius 2 is 1.67 bits per heavy atom. The number of nitrogens with zero attached hydrogens (tertiary/aromatic N) is 3. The van der Waals surface area contributed by atoms with Crippen molar-refractivity contribution in [2.75, 3.05) is 6.54 Å². The van der Waals surface area contributed by atoms with Crippen molar-refractivity contribution in [2.24, 2.45) is 0 Å². The van der Waals surface area contributed by atoms with Gasteiger partial charge >= 0.3 is 0 Å². The minimum atomic E-state index is -3.58. The molecule has 0 fully saturated rings. The Labute approximate surface area is 141 Å². The molecule has 0 bridgehead atoms. The van der Waals surface area contributed by atoms with Gasteiger partial charge in [-0.05, 0) is 42.0 Å². The van der Waals surface area contributed by atoms with Gasteiger partial charge in [-0.2, -0.15) is 4.31 Å². The van der Waals surface area contributed by atoms with Crippen molar-refractivity contribution < 1.29 is 8.42 Å². The molecular weight excluding hydrogens is 322 g/mol. The number of benzene rings is 1. The lowest BCUT2D eigenvalue weighted by atomic mass is 10.0. The van der Waals surface area contributed by atoms with Crippen LogP contribution in [-0.4, -0.2) is 28.8 Å². The summed E-state index contributed by atoms with van der Waals surface area (Å²) in [6.45, 7) is 1.09. The van der Waals surface area contributed by atoms with Crippen LogP contribution in [0.2, 0.25) is 0 Å². The number of rotatable bonds is 3. The molecular formula is C18H17N3O2S. The van der Waals surface area contributed by atoms with E-state index in [-0.39, 0.29) is 6.04 Å². The van der Waals surface area contributed by atoms with Crippen LogP contribution in [0.5, 0.6) is 0 Å². The monoisotopic (exact) mass is 339 g/mol. The Bertz CT molecular complexity index is 937. The molecule has 122 valence electrons. The molecule has 3 heterocycles. The van der Waals surface area contributed by atoms with Crippen molar-refractivity contribution in [1.82, 2.24) is 13.9 Å². The highest BCUT2D eigenvalue weighted by molar-refractivity contribution is 7.89. The maximum Gasteiger partial charge on any atom is 0.244 e. The molecule has 2 aromatic heterocycles. The van der Waals surface area contributed by atoms with Gasteiger partial charge in [-0.25, -0.2) is 8.42 Å². The SMILES string of the molecule is O=S(=O)(c1ccccc1)N1CCn2cccc2C1c1ccncc1. The van der Waals surface area contributed by atoms with Crippen LogP contribution in [0.1, 0.15) is 17.3 Å². The van der Waals surface area contributed by atoms with Gasteiger partial charge in [0.15, 0.2) is 0 Å². The van der Waals surface area contributed by atoms with Crippen LogP contribution >= 0.6 is 0 Å². The fourth-order valence-corrected chi connectivity index (χ4v) is 4.83. The summed E-state index contributed by atoms with van der Waals surface area (Å²) in [6.07, 6.45) is 5.39. The largest absolute Gasteiger partial charge is 0.348 e. The van der Waals surface area contributed by atoms with E-state index in [2.05, 4.69) is 9.55 Å². The molecule has 0 saturated carbocycles. The van der Waals surface area contributed by atoms with Gasteiger partial charge < -0.3 is 4.57 Å². The van der Waals surface area contributed by atoms with Gasteiger partial charge in [-0.1, -0.05) is 18.2 Å². The van der Waals surface area contributed by atoms with Crippen molar-refractivity contribution in [3.8, 4) is 0 Å². The topological polar surface area (TPSA) is 55.2 Å². The Morgan fingerprint density at radius 1 is 0.917 bits per heavy atom. The van der Waals surface area contributed by atoms with Crippen molar-refractivity contribution in [1.29, 1.82) is 0 Å². The smallest absolute Gasteiger partial charge is 0.244 e. The average molecular weight is 339 g/mol. The second-order valence-electron chi connectivity index (χ2n) is 5.74. The number of pyridine rings is 1. The number of fused-ring (bicyclic) bond motifs is 1. The summed E-state index contributed by atoms with van der Waals surface area (Å²) in [4.78, 5) is 4.38. The first-order valence-electron chi connectivity index (χ1n) is 7.80. The lowest BCUT2D eigenvalue weighted by molar-refractivity contribution is 0.298. The van der Waals surface area contributed by atoms with Crippen LogP contribution in [0.25, 0.3) is 0 Å². The molecule has 0 radical (unpaired) electrons. The molecule has 6 heteroatoms. The molecule has 1 aliphatic rings. The third-order valence-corrected chi connectivity index (χ3v) is 6.24. The first-order chi connectivity index (χ1) is 11.7. The van der Waals surface area contributed by atoms with Crippen molar-refractivity contribution >= 4 is 10.0 Å². The maximum absolute atomic E-state index is 13.2. The quantitative estimate of drug-likeness (QED) is 0.737. The summed E-state index contributed by atoms with van der Waals surface area (Å²) in [5.74, 6) is 0. The van der Waals surface area contributed by atoms with Crippen molar-refractivity contribution in [3.05, 3.63) is 84.4 Å². The minimum absolute atomic E-state index is 0.323. The summed E-state index contributed by atoms with van der Waals surface area (Å²) in [5.41, 5.74) is 1.90. The van der Waals surface area contributed by atoms with Crippen molar-refractivity contribution in [3.63, 3.8) is 0 Å². The van der Waals surface area contributed by atoms with E-state index in [1.165, 1.54) is 0 Å². The number of aromatic nitrogens is 2. The minimum Gasteiger partial charge on any atom is -0.348 e. The summed E-state index contributed by atoms with van der Waals surface area (Å²) in [6, 6.07) is 16.0. The third-order valence-electron chi connectivity index (χ3n) is 4.37. The van der Waals surface area contributed by atoms with Crippen LogP contribution in [0.15, 0.2) is 78.1 Å². The van der Waals surface area contributed by atoms with E-state index in [0.717, 1.165) is 11.3 Å². The summed E-state index contributed by atoms with van der Waals surface area (Å²) >= 11 is 0. The van der Waals surface area contributed by atoms with Gasteiger partial charge in [-0.3, -0.25) is 4.98 Å². The second-order valence-corrected chi connectivity index (χ2v) is 7.63. The molecule has 0 amide bonds. The van der Waals surface area contributed by atoms with Crippen LogP contribution in [0.3, 0.4) is 0 Å². The van der Waals surface area contributed by atoms with Crippen LogP contribution in [-0.2, 0) is 16.6 Å². The van der Waals surface area contributed by atoms with Gasteiger partial charge in [-0.15, -0.1) is 0 Å². The first kappa shape index (κ1) is 15.1. The predicted octanol–water partition coefficient (Wildman–Crippen LogP) is 2.68. The zero-order chi connectivity index (χ0) is 16.6. The molecule has 0 N–H and O–H groups in total. The lowest BCUT2D eigenvalue weighted by Gasteiger charge is -2.36. The van der Waals surface area contributed by atoms with Gasteiger partial charge in [0.25, 0.3) is 0 Å². The molecule has 5 nitrogen and oxygen atoms in total. The molecule has 3 aromatic rings. The zero-order valence-corrected chi connectivity index (χ0v) is 13.8. The van der Waals surface area contributed by atoms with Gasteiger partial charge in [0.05, 0.1) is 10.9 Å². The lowest BCUT2D eigenvalue weighted by Crippen LogP contribution is -2.42. The number of hydrogen-bond donors (Lipinski definition) is 0. The molecule has 1 unspecified atom stereocenters. The van der Waals surface area contributed by atoms with E-state index in [9.17, 15) is 8.42 Å². The van der Waals surface area contributed by atoms with Crippen LogP contribution in [0.4, 0.5) is 0 Å². The summed E-state index contributed by atoms with van der Waals surface area (Å²) < 4.78 is 30.1. The Hall–Kier alpha value is -2.44. The average Bonchev–Trinajstić information content (AvgIpc) is 3.11. The molecule has 4 rings (SSSR count). The van der Waals surface area contributed by atoms with Crippen LogP contribution < -0.4 is 0 Å². The third kappa shape index (κ3) is 2.44. The molecule has 1 atom stereocenters. The van der Waals surface area contributed by atoms with E-state index in [1.54, 1.807) is 41.0 Å². The van der Waals surface area contributed by atoms with Crippen LogP contribution in [0, 0.1) is 0 Å². The molecule has 0 spiro atoms. The van der Waals surface area contributed by atoms with Crippen molar-refractivity contribution in [2.45, 2.75) is 17.5 Å². The zero-order valence-electron chi connectivity index (χ0n) is 13.0. The Kier molecular flexibility index (Phi) is 3.70. The highest BCUT2D eigenvalue weighted by atomic mass is 32.2. The van der Waals surface area contributed by atoms with Gasteiger partial charge in [0.2, 0.25) is 10.0 Å². The predicted molar refractivity (Wildman–Crippen MR) is 90.8 cm³/mol. The Morgan fingerprint density at radius 3 is 2.42 bits per heavy atom.